The maximum absolute atomic E-state index is 5.64. The molecule has 0 amide bonds. The van der Waals surface area contributed by atoms with Gasteiger partial charge in [-0.05, 0) is 26.0 Å². The van der Waals surface area contributed by atoms with Gasteiger partial charge >= 0.3 is 0 Å². The minimum Gasteiger partial charge on any atom is -0.468 e. The molecule has 0 fully saturated rings. The Morgan fingerprint density at radius 1 is 1.37 bits per heavy atom. The van der Waals surface area contributed by atoms with Crippen LogP contribution in [0.1, 0.15) is 38.0 Å². The first kappa shape index (κ1) is 16.2. The molecule has 0 saturated heterocycles. The van der Waals surface area contributed by atoms with Crippen LogP contribution in [0.4, 0.5) is 0 Å². The summed E-state index contributed by atoms with van der Waals surface area (Å²) in [5.74, 6) is 1.07. The van der Waals surface area contributed by atoms with Gasteiger partial charge < -0.3 is 14.5 Å². The van der Waals surface area contributed by atoms with Crippen molar-refractivity contribution in [1.29, 1.82) is 0 Å². The van der Waals surface area contributed by atoms with Crippen LogP contribution >= 0.6 is 0 Å². The number of furan rings is 1. The number of rotatable bonds is 10. The SMILES string of the molecule is CCC(CC)N(CCOC)Cc1occc1CNC. The normalized spacial score (nSPS) is 11.7. The van der Waals surface area contributed by atoms with Crippen LogP contribution < -0.4 is 5.32 Å². The van der Waals surface area contributed by atoms with Gasteiger partial charge in [0.05, 0.1) is 19.4 Å². The molecule has 4 nitrogen and oxygen atoms in total. The van der Waals surface area contributed by atoms with Crippen LogP contribution in [0, 0.1) is 0 Å². The lowest BCUT2D eigenvalue weighted by Gasteiger charge is -2.29. The van der Waals surface area contributed by atoms with Gasteiger partial charge in [0, 0.05) is 31.8 Å². The molecule has 0 aliphatic heterocycles. The van der Waals surface area contributed by atoms with Gasteiger partial charge in [0.1, 0.15) is 5.76 Å². The average molecular weight is 268 g/mol. The standard InChI is InChI=1S/C15H28N2O2/c1-5-14(6-2)17(8-10-18-4)12-15-13(11-16-3)7-9-19-15/h7,9,14,16H,5-6,8,10-12H2,1-4H3. The van der Waals surface area contributed by atoms with E-state index in [1.54, 1.807) is 13.4 Å². The van der Waals surface area contributed by atoms with Gasteiger partial charge in [0.2, 0.25) is 0 Å². The molecule has 1 N–H and O–H groups in total. The van der Waals surface area contributed by atoms with Crippen LogP contribution in [-0.2, 0) is 17.8 Å². The predicted octanol–water partition coefficient (Wildman–Crippen LogP) is 2.64. The quantitative estimate of drug-likeness (QED) is 0.708. The Kier molecular flexibility index (Phi) is 7.79. The maximum atomic E-state index is 5.64. The van der Waals surface area contributed by atoms with Crippen LogP contribution in [-0.4, -0.2) is 38.3 Å². The third kappa shape index (κ3) is 4.97. The molecular weight excluding hydrogens is 240 g/mol. The number of methoxy groups -OCH3 is 1. The summed E-state index contributed by atoms with van der Waals surface area (Å²) in [6, 6.07) is 2.63. The lowest BCUT2D eigenvalue weighted by molar-refractivity contribution is 0.104. The minimum absolute atomic E-state index is 0.586. The molecule has 0 aromatic carbocycles. The summed E-state index contributed by atoms with van der Waals surface area (Å²) in [5, 5.41) is 3.18. The fourth-order valence-corrected chi connectivity index (χ4v) is 2.44. The first-order valence-electron chi connectivity index (χ1n) is 7.19. The van der Waals surface area contributed by atoms with E-state index < -0.39 is 0 Å². The highest BCUT2D eigenvalue weighted by atomic mass is 16.5. The summed E-state index contributed by atoms with van der Waals surface area (Å²) >= 11 is 0. The summed E-state index contributed by atoms with van der Waals surface area (Å²) in [7, 11) is 3.71. The smallest absolute Gasteiger partial charge is 0.122 e. The molecule has 0 unspecified atom stereocenters. The third-order valence-electron chi connectivity index (χ3n) is 3.59. The first-order valence-corrected chi connectivity index (χ1v) is 7.19. The minimum atomic E-state index is 0.586. The Bertz CT molecular complexity index is 335. The van der Waals surface area contributed by atoms with Gasteiger partial charge in [0.15, 0.2) is 0 Å². The second kappa shape index (κ2) is 9.13. The number of hydrogen-bond acceptors (Lipinski definition) is 4. The summed E-state index contributed by atoms with van der Waals surface area (Å²) < 4.78 is 10.9. The molecule has 110 valence electrons. The molecule has 1 heterocycles. The zero-order chi connectivity index (χ0) is 14.1. The van der Waals surface area contributed by atoms with Crippen molar-refractivity contribution in [3.8, 4) is 0 Å². The van der Waals surface area contributed by atoms with Crippen molar-refractivity contribution in [1.82, 2.24) is 10.2 Å². The van der Waals surface area contributed by atoms with Gasteiger partial charge in [0.25, 0.3) is 0 Å². The predicted molar refractivity (Wildman–Crippen MR) is 78.1 cm³/mol. The highest BCUT2D eigenvalue weighted by molar-refractivity contribution is 5.16. The van der Waals surface area contributed by atoms with Crippen molar-refractivity contribution in [2.45, 2.75) is 45.8 Å². The van der Waals surface area contributed by atoms with Crippen LogP contribution in [0.25, 0.3) is 0 Å². The van der Waals surface area contributed by atoms with Crippen molar-refractivity contribution >= 4 is 0 Å². The summed E-state index contributed by atoms with van der Waals surface area (Å²) in [5.41, 5.74) is 1.25. The van der Waals surface area contributed by atoms with Gasteiger partial charge in [-0.15, -0.1) is 0 Å². The molecule has 1 aromatic rings. The monoisotopic (exact) mass is 268 g/mol. The van der Waals surface area contributed by atoms with Crippen LogP contribution in [0.2, 0.25) is 0 Å². The van der Waals surface area contributed by atoms with E-state index in [0.29, 0.717) is 6.04 Å². The van der Waals surface area contributed by atoms with Gasteiger partial charge in [-0.3, -0.25) is 4.90 Å². The Hall–Kier alpha value is -0.840. The number of nitrogens with one attached hydrogen (secondary N) is 1. The van der Waals surface area contributed by atoms with Crippen molar-refractivity contribution < 1.29 is 9.15 Å². The summed E-state index contributed by atoms with van der Waals surface area (Å²) in [6.07, 6.45) is 4.09. The van der Waals surface area contributed by atoms with E-state index in [1.807, 2.05) is 13.1 Å². The van der Waals surface area contributed by atoms with E-state index >= 15 is 0 Å². The molecule has 19 heavy (non-hydrogen) atoms. The second-order valence-corrected chi connectivity index (χ2v) is 4.83. The van der Waals surface area contributed by atoms with Gasteiger partial charge in [-0.2, -0.15) is 0 Å². The molecule has 1 aromatic heterocycles. The van der Waals surface area contributed by atoms with Crippen molar-refractivity contribution in [3.05, 3.63) is 23.7 Å². The number of hydrogen-bond donors (Lipinski definition) is 1. The highest BCUT2D eigenvalue weighted by Gasteiger charge is 2.18. The van der Waals surface area contributed by atoms with E-state index in [-0.39, 0.29) is 0 Å². The van der Waals surface area contributed by atoms with E-state index in [9.17, 15) is 0 Å². The van der Waals surface area contributed by atoms with Crippen LogP contribution in [0.5, 0.6) is 0 Å². The Morgan fingerprint density at radius 3 is 2.68 bits per heavy atom. The lowest BCUT2D eigenvalue weighted by atomic mass is 10.1. The third-order valence-corrected chi connectivity index (χ3v) is 3.59. The van der Waals surface area contributed by atoms with Gasteiger partial charge in [-0.25, -0.2) is 0 Å². The first-order chi connectivity index (χ1) is 9.26. The molecular formula is C15H28N2O2. The Labute approximate surface area is 117 Å². The Balaban J connectivity index is 2.71. The molecule has 0 aliphatic rings. The molecule has 0 radical (unpaired) electrons. The topological polar surface area (TPSA) is 37.6 Å². The number of ether oxygens (including phenoxy) is 1. The van der Waals surface area contributed by atoms with Crippen LogP contribution in [0.15, 0.2) is 16.7 Å². The highest BCUT2D eigenvalue weighted by Crippen LogP contribution is 2.17. The van der Waals surface area contributed by atoms with E-state index in [0.717, 1.165) is 44.8 Å². The zero-order valence-corrected chi connectivity index (χ0v) is 12.7. The average Bonchev–Trinajstić information content (AvgIpc) is 2.85. The van der Waals surface area contributed by atoms with E-state index in [4.69, 9.17) is 9.15 Å². The van der Waals surface area contributed by atoms with Crippen molar-refractivity contribution in [3.63, 3.8) is 0 Å². The Morgan fingerprint density at radius 2 is 2.11 bits per heavy atom. The van der Waals surface area contributed by atoms with Crippen molar-refractivity contribution in [2.24, 2.45) is 0 Å². The van der Waals surface area contributed by atoms with E-state index in [2.05, 4.69) is 24.1 Å². The van der Waals surface area contributed by atoms with Crippen molar-refractivity contribution in [2.75, 3.05) is 27.3 Å². The molecule has 0 spiro atoms. The fraction of sp³-hybridized carbons (Fsp3) is 0.733. The summed E-state index contributed by atoms with van der Waals surface area (Å²) in [6.45, 7) is 7.91. The van der Waals surface area contributed by atoms with E-state index in [1.165, 1.54) is 5.56 Å². The molecule has 1 rings (SSSR count). The van der Waals surface area contributed by atoms with Crippen LogP contribution in [0.3, 0.4) is 0 Å². The largest absolute Gasteiger partial charge is 0.468 e. The molecule has 4 heteroatoms. The molecule has 0 aliphatic carbocycles. The fourth-order valence-electron chi connectivity index (χ4n) is 2.44. The molecule has 0 atom stereocenters. The second-order valence-electron chi connectivity index (χ2n) is 4.83. The molecule has 0 bridgehead atoms. The zero-order valence-electron chi connectivity index (χ0n) is 12.7. The van der Waals surface area contributed by atoms with Gasteiger partial charge in [-0.1, -0.05) is 13.8 Å². The maximum Gasteiger partial charge on any atom is 0.122 e. The number of nitrogens with zero attached hydrogens (tertiary/aromatic N) is 1. The molecule has 0 saturated carbocycles. The summed E-state index contributed by atoms with van der Waals surface area (Å²) in [4.78, 5) is 2.46. The lowest BCUT2D eigenvalue weighted by Crippen LogP contribution is -2.36.